The summed E-state index contributed by atoms with van der Waals surface area (Å²) in [6.45, 7) is 8.06. The van der Waals surface area contributed by atoms with Gasteiger partial charge in [0.2, 0.25) is 5.95 Å². The van der Waals surface area contributed by atoms with E-state index in [4.69, 9.17) is 9.31 Å². The van der Waals surface area contributed by atoms with Crippen LogP contribution in [0.25, 0.3) is 0 Å². The van der Waals surface area contributed by atoms with Crippen LogP contribution in [-0.4, -0.2) is 23.3 Å². The zero-order valence-corrected chi connectivity index (χ0v) is 11.9. The number of nitrogens with zero attached hydrogens (tertiary/aromatic N) is 1. The predicted molar refractivity (Wildman–Crippen MR) is 71.9 cm³/mol. The highest BCUT2D eigenvalue weighted by Gasteiger charge is 2.52. The molecule has 0 bridgehead atoms. The van der Waals surface area contributed by atoms with E-state index in [0.717, 1.165) is 23.9 Å². The molecule has 0 unspecified atom stereocenters. The number of hydrogen-bond acceptors (Lipinski definition) is 3. The van der Waals surface area contributed by atoms with Gasteiger partial charge in [0.15, 0.2) is 0 Å². The Labute approximate surface area is 113 Å². The lowest BCUT2D eigenvalue weighted by atomic mass is 9.76. The fourth-order valence-electron chi connectivity index (χ4n) is 2.37. The molecule has 1 saturated carbocycles. The van der Waals surface area contributed by atoms with E-state index in [0.29, 0.717) is 5.92 Å². The highest BCUT2D eigenvalue weighted by Crippen LogP contribution is 2.41. The summed E-state index contributed by atoms with van der Waals surface area (Å²) in [5, 5.41) is 0. The van der Waals surface area contributed by atoms with E-state index >= 15 is 0 Å². The Morgan fingerprint density at radius 1 is 1.21 bits per heavy atom. The molecule has 0 radical (unpaired) electrons. The highest BCUT2D eigenvalue weighted by molar-refractivity contribution is 6.62. The standard InChI is InChI=1S/C14H19BFNO2/c1-13(2)14(3,4)19-15(18-13)11-8-17-12(16)7-10(11)9-5-6-9/h7-9H,5-6H2,1-4H3. The summed E-state index contributed by atoms with van der Waals surface area (Å²) in [6.07, 6.45) is 3.77. The van der Waals surface area contributed by atoms with Crippen molar-refractivity contribution in [1.82, 2.24) is 4.98 Å². The first kappa shape index (κ1) is 13.1. The van der Waals surface area contributed by atoms with Crippen LogP contribution in [0.5, 0.6) is 0 Å². The highest BCUT2D eigenvalue weighted by atomic mass is 19.1. The molecule has 3 nitrogen and oxygen atoms in total. The Morgan fingerprint density at radius 3 is 2.32 bits per heavy atom. The van der Waals surface area contributed by atoms with Gasteiger partial charge in [-0.1, -0.05) is 0 Å². The van der Waals surface area contributed by atoms with E-state index < -0.39 is 13.1 Å². The zero-order valence-electron chi connectivity index (χ0n) is 11.9. The minimum absolute atomic E-state index is 0.382. The molecule has 102 valence electrons. The van der Waals surface area contributed by atoms with Gasteiger partial charge in [0, 0.05) is 11.7 Å². The Hall–Kier alpha value is -0.935. The third kappa shape index (κ3) is 2.19. The van der Waals surface area contributed by atoms with Gasteiger partial charge < -0.3 is 9.31 Å². The van der Waals surface area contributed by atoms with Crippen molar-refractivity contribution >= 4 is 12.6 Å². The molecule has 0 spiro atoms. The summed E-state index contributed by atoms with van der Waals surface area (Å²) in [6, 6.07) is 1.53. The first-order valence-electron chi connectivity index (χ1n) is 6.81. The van der Waals surface area contributed by atoms with Gasteiger partial charge in [0.25, 0.3) is 0 Å². The third-order valence-corrected chi connectivity index (χ3v) is 4.46. The molecule has 5 heteroatoms. The molecule has 0 N–H and O–H groups in total. The quantitative estimate of drug-likeness (QED) is 0.606. The van der Waals surface area contributed by atoms with Gasteiger partial charge in [-0.3, -0.25) is 0 Å². The zero-order chi connectivity index (χ0) is 13.8. The lowest BCUT2D eigenvalue weighted by molar-refractivity contribution is 0.00578. The molecule has 1 saturated heterocycles. The van der Waals surface area contributed by atoms with Gasteiger partial charge in [-0.05, 0) is 58.1 Å². The topological polar surface area (TPSA) is 31.4 Å². The number of halogens is 1. The van der Waals surface area contributed by atoms with Crippen molar-refractivity contribution in [3.63, 3.8) is 0 Å². The Bertz CT molecular complexity index is 498. The summed E-state index contributed by atoms with van der Waals surface area (Å²) in [5.41, 5.74) is 1.10. The Balaban J connectivity index is 1.96. The molecule has 0 amide bonds. The second kappa shape index (κ2) is 4.03. The molecule has 2 heterocycles. The van der Waals surface area contributed by atoms with Gasteiger partial charge in [0.05, 0.1) is 11.2 Å². The minimum atomic E-state index is -0.450. The molecule has 0 aromatic carbocycles. The molecule has 2 fully saturated rings. The molecule has 3 rings (SSSR count). The van der Waals surface area contributed by atoms with Crippen LogP contribution in [0.3, 0.4) is 0 Å². The van der Waals surface area contributed by atoms with Gasteiger partial charge >= 0.3 is 7.12 Å². The maximum atomic E-state index is 13.3. The molecular weight excluding hydrogens is 244 g/mol. The monoisotopic (exact) mass is 263 g/mol. The smallest absolute Gasteiger partial charge is 0.399 e. The van der Waals surface area contributed by atoms with Crippen LogP contribution in [0.15, 0.2) is 12.3 Å². The van der Waals surface area contributed by atoms with E-state index in [2.05, 4.69) is 4.98 Å². The van der Waals surface area contributed by atoms with Crippen LogP contribution >= 0.6 is 0 Å². The molecule has 1 aliphatic carbocycles. The van der Waals surface area contributed by atoms with E-state index in [1.54, 1.807) is 6.20 Å². The van der Waals surface area contributed by atoms with Crippen LogP contribution in [0, 0.1) is 5.95 Å². The Morgan fingerprint density at radius 2 is 1.79 bits per heavy atom. The molecule has 0 atom stereocenters. The van der Waals surface area contributed by atoms with E-state index in [-0.39, 0.29) is 11.2 Å². The normalized spacial score (nSPS) is 24.8. The summed E-state index contributed by atoms with van der Waals surface area (Å²) in [4.78, 5) is 3.76. The maximum absolute atomic E-state index is 13.3. The summed E-state index contributed by atoms with van der Waals surface area (Å²) in [5.74, 6) is 0.00805. The Kier molecular flexibility index (Phi) is 2.77. The van der Waals surface area contributed by atoms with Crippen molar-refractivity contribution in [2.45, 2.75) is 57.7 Å². The maximum Gasteiger partial charge on any atom is 0.496 e. The lowest BCUT2D eigenvalue weighted by Gasteiger charge is -2.32. The average molecular weight is 263 g/mol. The summed E-state index contributed by atoms with van der Waals surface area (Å²) < 4.78 is 25.4. The SMILES string of the molecule is CC1(C)OB(c2cnc(F)cc2C2CC2)OC1(C)C. The molecule has 1 aliphatic heterocycles. The largest absolute Gasteiger partial charge is 0.496 e. The molecule has 1 aromatic heterocycles. The second-order valence-corrected chi connectivity index (χ2v) is 6.50. The second-order valence-electron chi connectivity index (χ2n) is 6.50. The van der Waals surface area contributed by atoms with Crippen LogP contribution in [-0.2, 0) is 9.31 Å². The molecule has 19 heavy (non-hydrogen) atoms. The van der Waals surface area contributed by atoms with Crippen molar-refractivity contribution < 1.29 is 13.7 Å². The lowest BCUT2D eigenvalue weighted by Crippen LogP contribution is -2.41. The van der Waals surface area contributed by atoms with Crippen LogP contribution in [0.1, 0.15) is 52.0 Å². The fraction of sp³-hybridized carbons (Fsp3) is 0.643. The van der Waals surface area contributed by atoms with Crippen LogP contribution in [0.2, 0.25) is 0 Å². The summed E-state index contributed by atoms with van der Waals surface area (Å²) in [7, 11) is -0.450. The van der Waals surface area contributed by atoms with Gasteiger partial charge in [-0.25, -0.2) is 4.98 Å². The van der Waals surface area contributed by atoms with Crippen molar-refractivity contribution in [1.29, 1.82) is 0 Å². The molecule has 1 aromatic rings. The van der Waals surface area contributed by atoms with Gasteiger partial charge in [0.1, 0.15) is 0 Å². The molecular formula is C14H19BFNO2. The average Bonchev–Trinajstić information content (AvgIpc) is 3.07. The minimum Gasteiger partial charge on any atom is -0.399 e. The number of hydrogen-bond donors (Lipinski definition) is 0. The van der Waals surface area contributed by atoms with Crippen molar-refractivity contribution in [2.75, 3.05) is 0 Å². The third-order valence-electron chi connectivity index (χ3n) is 4.46. The number of aromatic nitrogens is 1. The predicted octanol–water partition coefficient (Wildman–Crippen LogP) is 2.40. The fourth-order valence-corrected chi connectivity index (χ4v) is 2.37. The first-order chi connectivity index (χ1) is 8.80. The van der Waals surface area contributed by atoms with E-state index in [1.165, 1.54) is 6.07 Å². The van der Waals surface area contributed by atoms with Crippen molar-refractivity contribution in [2.24, 2.45) is 0 Å². The van der Waals surface area contributed by atoms with E-state index in [1.807, 2.05) is 27.7 Å². The molecule has 2 aliphatic rings. The van der Waals surface area contributed by atoms with Gasteiger partial charge in [-0.15, -0.1) is 0 Å². The van der Waals surface area contributed by atoms with Crippen LogP contribution in [0.4, 0.5) is 4.39 Å². The van der Waals surface area contributed by atoms with Crippen molar-refractivity contribution in [3.05, 3.63) is 23.8 Å². The van der Waals surface area contributed by atoms with Gasteiger partial charge in [-0.2, -0.15) is 4.39 Å². The number of pyridine rings is 1. The first-order valence-corrected chi connectivity index (χ1v) is 6.81. The summed E-state index contributed by atoms with van der Waals surface area (Å²) >= 11 is 0. The van der Waals surface area contributed by atoms with Crippen LogP contribution < -0.4 is 5.46 Å². The van der Waals surface area contributed by atoms with Crippen molar-refractivity contribution in [3.8, 4) is 0 Å². The number of rotatable bonds is 2. The van der Waals surface area contributed by atoms with E-state index in [9.17, 15) is 4.39 Å².